The third-order valence-corrected chi connectivity index (χ3v) is 4.16. The Morgan fingerprint density at radius 2 is 1.53 bits per heavy atom. The Hall–Kier alpha value is -0.810. The normalized spacial score (nSPS) is 21.7. The molecule has 0 aromatic carbocycles. The molecule has 2 amide bonds. The number of urea groups is 1. The zero-order valence-corrected chi connectivity index (χ0v) is 12.0. The van der Waals surface area contributed by atoms with Gasteiger partial charge in [0.1, 0.15) is 0 Å². The first-order valence-electron chi connectivity index (χ1n) is 7.77. The van der Waals surface area contributed by atoms with E-state index in [4.69, 9.17) is 5.73 Å². The Morgan fingerprint density at radius 3 is 2.26 bits per heavy atom. The monoisotopic (exact) mass is 268 g/mol. The lowest BCUT2D eigenvalue weighted by atomic mass is 10.3. The minimum absolute atomic E-state index is 0.265. The second kappa shape index (κ2) is 7.70. The average molecular weight is 268 g/mol. The van der Waals surface area contributed by atoms with Crippen molar-refractivity contribution in [1.29, 1.82) is 0 Å². The summed E-state index contributed by atoms with van der Waals surface area (Å²) in [5.41, 5.74) is 5.53. The molecule has 0 bridgehead atoms. The second-order valence-electron chi connectivity index (χ2n) is 5.65. The smallest absolute Gasteiger partial charge is 0.320 e. The third kappa shape index (κ3) is 4.35. The summed E-state index contributed by atoms with van der Waals surface area (Å²) in [4.78, 5) is 18.9. The Morgan fingerprint density at radius 1 is 0.842 bits per heavy atom. The SMILES string of the molecule is NCCCCN1CCCN(C(=O)N2CCCC2)CC1. The number of nitrogens with two attached hydrogens (primary N) is 1. The number of carbonyl (C=O) groups is 1. The van der Waals surface area contributed by atoms with Crippen molar-refractivity contribution < 1.29 is 4.79 Å². The number of hydrogen-bond acceptors (Lipinski definition) is 3. The van der Waals surface area contributed by atoms with E-state index in [-0.39, 0.29) is 6.03 Å². The van der Waals surface area contributed by atoms with E-state index in [9.17, 15) is 4.79 Å². The summed E-state index contributed by atoms with van der Waals surface area (Å²) in [5.74, 6) is 0. The number of hydrogen-bond donors (Lipinski definition) is 1. The van der Waals surface area contributed by atoms with Crippen LogP contribution in [0.2, 0.25) is 0 Å². The standard InChI is InChI=1S/C14H28N4O/c15-6-1-2-7-16-8-5-11-18(13-12-16)14(19)17-9-3-4-10-17/h1-13,15H2. The number of carbonyl (C=O) groups excluding carboxylic acids is 1. The van der Waals surface area contributed by atoms with E-state index in [0.717, 1.165) is 65.2 Å². The Labute approximate surface area is 116 Å². The predicted octanol–water partition coefficient (Wildman–Crippen LogP) is 0.949. The van der Waals surface area contributed by atoms with Gasteiger partial charge in [-0.05, 0) is 51.7 Å². The summed E-state index contributed by atoms with van der Waals surface area (Å²) in [6.45, 7) is 7.76. The summed E-state index contributed by atoms with van der Waals surface area (Å²) in [6.07, 6.45) is 5.72. The van der Waals surface area contributed by atoms with Crippen molar-refractivity contribution in [1.82, 2.24) is 14.7 Å². The summed E-state index contributed by atoms with van der Waals surface area (Å²) >= 11 is 0. The number of unbranched alkanes of at least 4 members (excludes halogenated alkanes) is 1. The molecule has 0 unspecified atom stereocenters. The topological polar surface area (TPSA) is 52.8 Å². The molecule has 0 aromatic rings. The molecule has 2 N–H and O–H groups in total. The molecule has 2 saturated heterocycles. The highest BCUT2D eigenvalue weighted by molar-refractivity contribution is 5.74. The van der Waals surface area contributed by atoms with Gasteiger partial charge in [0.25, 0.3) is 0 Å². The molecule has 0 atom stereocenters. The minimum Gasteiger partial charge on any atom is -0.330 e. The molecule has 2 rings (SSSR count). The fourth-order valence-electron chi connectivity index (χ4n) is 2.97. The zero-order chi connectivity index (χ0) is 13.5. The first-order chi connectivity index (χ1) is 9.31. The van der Waals surface area contributed by atoms with E-state index >= 15 is 0 Å². The van der Waals surface area contributed by atoms with Gasteiger partial charge < -0.3 is 20.4 Å². The van der Waals surface area contributed by atoms with Gasteiger partial charge in [0.2, 0.25) is 0 Å². The molecule has 19 heavy (non-hydrogen) atoms. The van der Waals surface area contributed by atoms with Crippen molar-refractivity contribution in [3.63, 3.8) is 0 Å². The maximum Gasteiger partial charge on any atom is 0.320 e. The third-order valence-electron chi connectivity index (χ3n) is 4.16. The van der Waals surface area contributed by atoms with Crippen LogP contribution in [0.4, 0.5) is 4.79 Å². The van der Waals surface area contributed by atoms with Gasteiger partial charge in [-0.3, -0.25) is 0 Å². The second-order valence-corrected chi connectivity index (χ2v) is 5.65. The van der Waals surface area contributed by atoms with Crippen LogP contribution >= 0.6 is 0 Å². The van der Waals surface area contributed by atoms with Crippen LogP contribution in [0, 0.1) is 0 Å². The molecule has 0 spiro atoms. The number of amides is 2. The number of nitrogens with zero attached hydrogens (tertiary/aromatic N) is 3. The van der Waals surface area contributed by atoms with Gasteiger partial charge >= 0.3 is 6.03 Å². The molecule has 0 saturated carbocycles. The fraction of sp³-hybridized carbons (Fsp3) is 0.929. The highest BCUT2D eigenvalue weighted by Gasteiger charge is 2.25. The minimum atomic E-state index is 0.265. The summed E-state index contributed by atoms with van der Waals surface area (Å²) in [5, 5.41) is 0. The number of likely N-dealkylation sites (tertiary alicyclic amines) is 1. The van der Waals surface area contributed by atoms with Crippen molar-refractivity contribution in [2.45, 2.75) is 32.1 Å². The first-order valence-corrected chi connectivity index (χ1v) is 7.77. The van der Waals surface area contributed by atoms with Crippen molar-refractivity contribution in [2.24, 2.45) is 5.73 Å². The maximum absolute atomic E-state index is 12.3. The van der Waals surface area contributed by atoms with Crippen LogP contribution in [-0.2, 0) is 0 Å². The lowest BCUT2D eigenvalue weighted by molar-refractivity contribution is 0.163. The van der Waals surface area contributed by atoms with Gasteiger partial charge in [0, 0.05) is 32.7 Å². The van der Waals surface area contributed by atoms with Gasteiger partial charge in [-0.15, -0.1) is 0 Å². The lowest BCUT2D eigenvalue weighted by Gasteiger charge is -2.26. The molecule has 110 valence electrons. The van der Waals surface area contributed by atoms with Crippen LogP contribution < -0.4 is 5.73 Å². The molecule has 0 aliphatic carbocycles. The van der Waals surface area contributed by atoms with Crippen molar-refractivity contribution in [3.05, 3.63) is 0 Å². The van der Waals surface area contributed by atoms with E-state index in [0.29, 0.717) is 0 Å². The highest BCUT2D eigenvalue weighted by atomic mass is 16.2. The molecule has 2 heterocycles. The zero-order valence-electron chi connectivity index (χ0n) is 12.0. The molecule has 2 aliphatic heterocycles. The van der Waals surface area contributed by atoms with Gasteiger partial charge in [0.05, 0.1) is 0 Å². The van der Waals surface area contributed by atoms with Crippen molar-refractivity contribution >= 4 is 6.03 Å². The van der Waals surface area contributed by atoms with Crippen LogP contribution in [-0.4, -0.2) is 73.1 Å². The van der Waals surface area contributed by atoms with Crippen LogP contribution in [0.5, 0.6) is 0 Å². The number of rotatable bonds is 4. The Bertz CT molecular complexity index is 279. The fourth-order valence-corrected chi connectivity index (χ4v) is 2.97. The van der Waals surface area contributed by atoms with Crippen LogP contribution in [0.25, 0.3) is 0 Å². The molecule has 0 aromatic heterocycles. The largest absolute Gasteiger partial charge is 0.330 e. The average Bonchev–Trinajstić information content (AvgIpc) is 2.85. The highest BCUT2D eigenvalue weighted by Crippen LogP contribution is 2.13. The Kier molecular flexibility index (Phi) is 5.92. The van der Waals surface area contributed by atoms with Crippen LogP contribution in [0.3, 0.4) is 0 Å². The maximum atomic E-state index is 12.3. The van der Waals surface area contributed by atoms with E-state index in [1.54, 1.807) is 0 Å². The summed E-state index contributed by atoms with van der Waals surface area (Å²) < 4.78 is 0. The van der Waals surface area contributed by atoms with E-state index in [1.807, 2.05) is 9.80 Å². The Balaban J connectivity index is 1.74. The molecular formula is C14H28N4O. The molecular weight excluding hydrogens is 240 g/mol. The van der Waals surface area contributed by atoms with Gasteiger partial charge in [0.15, 0.2) is 0 Å². The predicted molar refractivity (Wildman–Crippen MR) is 77.1 cm³/mol. The summed E-state index contributed by atoms with van der Waals surface area (Å²) in [6, 6.07) is 0.265. The van der Waals surface area contributed by atoms with E-state index in [2.05, 4.69) is 4.90 Å². The van der Waals surface area contributed by atoms with Crippen LogP contribution in [0.15, 0.2) is 0 Å². The quantitative estimate of drug-likeness (QED) is 0.772. The van der Waals surface area contributed by atoms with Gasteiger partial charge in [-0.1, -0.05) is 0 Å². The van der Waals surface area contributed by atoms with E-state index < -0.39 is 0 Å². The molecule has 5 nitrogen and oxygen atoms in total. The summed E-state index contributed by atoms with van der Waals surface area (Å²) in [7, 11) is 0. The molecule has 2 aliphatic rings. The first kappa shape index (κ1) is 14.6. The lowest BCUT2D eigenvalue weighted by Crippen LogP contribution is -2.43. The molecule has 0 radical (unpaired) electrons. The molecule has 5 heteroatoms. The van der Waals surface area contributed by atoms with Gasteiger partial charge in [-0.2, -0.15) is 0 Å². The molecule has 2 fully saturated rings. The van der Waals surface area contributed by atoms with Gasteiger partial charge in [-0.25, -0.2) is 4.79 Å². The van der Waals surface area contributed by atoms with Crippen molar-refractivity contribution in [3.8, 4) is 0 Å². The van der Waals surface area contributed by atoms with E-state index in [1.165, 1.54) is 19.3 Å². The van der Waals surface area contributed by atoms with Crippen LogP contribution in [0.1, 0.15) is 32.1 Å². The van der Waals surface area contributed by atoms with Crippen molar-refractivity contribution in [2.75, 3.05) is 52.4 Å².